The van der Waals surface area contributed by atoms with Gasteiger partial charge >= 0.3 is 0 Å². The smallest absolute Gasteiger partial charge is 0.171 e. The molecule has 5 heteroatoms. The van der Waals surface area contributed by atoms with Crippen LogP contribution in [0, 0.1) is 6.92 Å². The average molecular weight is 335 g/mol. The summed E-state index contributed by atoms with van der Waals surface area (Å²) in [6.07, 6.45) is 0. The normalized spacial score (nSPS) is 11.6. The van der Waals surface area contributed by atoms with Crippen molar-refractivity contribution in [3.63, 3.8) is 0 Å². The Morgan fingerprint density at radius 1 is 1.18 bits per heavy atom. The maximum Gasteiger partial charge on any atom is 0.171 e. The van der Waals surface area contributed by atoms with E-state index in [1.165, 1.54) is 0 Å². The highest BCUT2D eigenvalue weighted by atomic mass is 35.5. The highest BCUT2D eigenvalue weighted by Crippen LogP contribution is 2.21. The summed E-state index contributed by atoms with van der Waals surface area (Å²) in [5.41, 5.74) is 3.04. The van der Waals surface area contributed by atoms with Gasteiger partial charge in [-0.15, -0.1) is 0 Å². The number of thiocarbonyl (C=S) groups is 1. The van der Waals surface area contributed by atoms with Crippen LogP contribution in [0.1, 0.15) is 24.1 Å². The van der Waals surface area contributed by atoms with Gasteiger partial charge in [-0.1, -0.05) is 29.8 Å². The molecule has 0 aliphatic heterocycles. The van der Waals surface area contributed by atoms with Crippen LogP contribution in [0.15, 0.2) is 42.5 Å². The third-order valence-electron chi connectivity index (χ3n) is 3.39. The van der Waals surface area contributed by atoms with Gasteiger partial charge in [-0.05, 0) is 61.5 Å². The first-order valence-corrected chi connectivity index (χ1v) is 7.76. The maximum absolute atomic E-state index is 6.11. The third-order valence-corrected chi connectivity index (χ3v) is 4.02. The van der Waals surface area contributed by atoms with Gasteiger partial charge < -0.3 is 15.4 Å². The largest absolute Gasteiger partial charge is 0.497 e. The molecule has 0 spiro atoms. The molecule has 3 nitrogen and oxygen atoms in total. The number of aryl methyl sites for hydroxylation is 1. The van der Waals surface area contributed by atoms with Gasteiger partial charge in [0.25, 0.3) is 0 Å². The molecule has 0 unspecified atom stereocenters. The second-order valence-electron chi connectivity index (χ2n) is 5.06. The molecule has 0 saturated carbocycles. The van der Waals surface area contributed by atoms with E-state index in [9.17, 15) is 0 Å². The van der Waals surface area contributed by atoms with Crippen LogP contribution in [0.5, 0.6) is 5.75 Å². The predicted molar refractivity (Wildman–Crippen MR) is 97.0 cm³/mol. The molecule has 0 aliphatic rings. The molecular formula is C17H19ClN2OS. The van der Waals surface area contributed by atoms with E-state index in [0.717, 1.165) is 27.6 Å². The zero-order chi connectivity index (χ0) is 16.1. The Balaban J connectivity index is 1.96. The summed E-state index contributed by atoms with van der Waals surface area (Å²) in [5.74, 6) is 0.839. The van der Waals surface area contributed by atoms with Crippen LogP contribution in [-0.4, -0.2) is 12.2 Å². The molecule has 116 valence electrons. The number of methoxy groups -OCH3 is 1. The molecule has 22 heavy (non-hydrogen) atoms. The third kappa shape index (κ3) is 4.36. The fourth-order valence-electron chi connectivity index (χ4n) is 2.01. The SMILES string of the molecule is COc1ccc([C@@H](C)NC(=S)Nc2ccc(C)c(Cl)c2)cc1. The van der Waals surface area contributed by atoms with Crippen LogP contribution in [0.25, 0.3) is 0 Å². The summed E-state index contributed by atoms with van der Waals surface area (Å²) in [5, 5.41) is 7.67. The number of anilines is 1. The number of benzene rings is 2. The van der Waals surface area contributed by atoms with E-state index >= 15 is 0 Å². The standard InChI is InChI=1S/C17H19ClN2OS/c1-11-4-7-14(10-16(11)18)20-17(22)19-12(2)13-5-8-15(21-3)9-6-13/h4-10,12H,1-3H3,(H2,19,20,22)/t12-/m1/s1. The first kappa shape index (κ1) is 16.6. The number of hydrogen-bond acceptors (Lipinski definition) is 2. The van der Waals surface area contributed by atoms with Crippen molar-refractivity contribution in [3.05, 3.63) is 58.6 Å². The number of nitrogens with one attached hydrogen (secondary N) is 2. The van der Waals surface area contributed by atoms with Crippen LogP contribution in [0.4, 0.5) is 5.69 Å². The van der Waals surface area contributed by atoms with Crippen LogP contribution in [-0.2, 0) is 0 Å². The minimum absolute atomic E-state index is 0.0897. The molecule has 0 radical (unpaired) electrons. The van der Waals surface area contributed by atoms with Crippen molar-refractivity contribution in [3.8, 4) is 5.75 Å². The van der Waals surface area contributed by atoms with E-state index in [-0.39, 0.29) is 6.04 Å². The number of hydrogen-bond donors (Lipinski definition) is 2. The quantitative estimate of drug-likeness (QED) is 0.794. The Labute approximate surface area is 141 Å². The lowest BCUT2D eigenvalue weighted by atomic mass is 10.1. The fourth-order valence-corrected chi connectivity index (χ4v) is 2.49. The summed E-state index contributed by atoms with van der Waals surface area (Å²) < 4.78 is 5.16. The van der Waals surface area contributed by atoms with E-state index in [1.807, 2.05) is 49.4 Å². The fraction of sp³-hybridized carbons (Fsp3) is 0.235. The van der Waals surface area contributed by atoms with E-state index < -0.39 is 0 Å². The van der Waals surface area contributed by atoms with Gasteiger partial charge in [0.05, 0.1) is 13.2 Å². The summed E-state index contributed by atoms with van der Waals surface area (Å²) in [4.78, 5) is 0. The van der Waals surface area contributed by atoms with Crippen molar-refractivity contribution in [1.82, 2.24) is 5.32 Å². The minimum Gasteiger partial charge on any atom is -0.497 e. The zero-order valence-electron chi connectivity index (χ0n) is 12.8. The van der Waals surface area contributed by atoms with E-state index in [1.54, 1.807) is 7.11 Å². The predicted octanol–water partition coefficient (Wildman–Crippen LogP) is 4.70. The van der Waals surface area contributed by atoms with Gasteiger partial charge in [0, 0.05) is 10.7 Å². The summed E-state index contributed by atoms with van der Waals surface area (Å²) >= 11 is 11.5. The molecule has 0 bridgehead atoms. The maximum atomic E-state index is 6.11. The van der Waals surface area contributed by atoms with E-state index in [0.29, 0.717) is 5.11 Å². The molecule has 0 fully saturated rings. The number of halogens is 1. The second kappa shape index (κ2) is 7.47. The Morgan fingerprint density at radius 3 is 2.45 bits per heavy atom. The van der Waals surface area contributed by atoms with Gasteiger partial charge in [0.15, 0.2) is 5.11 Å². The molecule has 0 aromatic heterocycles. The van der Waals surface area contributed by atoms with Gasteiger partial charge in [0.2, 0.25) is 0 Å². The van der Waals surface area contributed by atoms with Gasteiger partial charge in [-0.3, -0.25) is 0 Å². The van der Waals surface area contributed by atoms with Crippen molar-refractivity contribution in [2.24, 2.45) is 0 Å². The molecule has 2 rings (SSSR count). The van der Waals surface area contributed by atoms with Gasteiger partial charge in [0.1, 0.15) is 5.75 Å². The van der Waals surface area contributed by atoms with Crippen molar-refractivity contribution in [2.75, 3.05) is 12.4 Å². The van der Waals surface area contributed by atoms with Gasteiger partial charge in [-0.2, -0.15) is 0 Å². The van der Waals surface area contributed by atoms with Crippen molar-refractivity contribution in [2.45, 2.75) is 19.9 Å². The highest BCUT2D eigenvalue weighted by molar-refractivity contribution is 7.80. The minimum atomic E-state index is 0.0897. The van der Waals surface area contributed by atoms with Crippen LogP contribution in [0.3, 0.4) is 0 Å². The molecule has 0 heterocycles. The zero-order valence-corrected chi connectivity index (χ0v) is 14.4. The Kier molecular flexibility index (Phi) is 5.63. The molecule has 1 atom stereocenters. The summed E-state index contributed by atoms with van der Waals surface area (Å²) in [7, 11) is 1.66. The lowest BCUT2D eigenvalue weighted by Crippen LogP contribution is -2.30. The van der Waals surface area contributed by atoms with Crippen molar-refractivity contribution in [1.29, 1.82) is 0 Å². The monoisotopic (exact) mass is 334 g/mol. The molecule has 2 aromatic rings. The first-order chi connectivity index (χ1) is 10.5. The molecule has 2 N–H and O–H groups in total. The van der Waals surface area contributed by atoms with Crippen LogP contribution >= 0.6 is 23.8 Å². The lowest BCUT2D eigenvalue weighted by molar-refractivity contribution is 0.414. The lowest BCUT2D eigenvalue weighted by Gasteiger charge is -2.18. The topological polar surface area (TPSA) is 33.3 Å². The molecule has 0 saturated heterocycles. The number of ether oxygens (including phenoxy) is 1. The summed E-state index contributed by atoms with van der Waals surface area (Å²) in [6.45, 7) is 4.02. The average Bonchev–Trinajstić information content (AvgIpc) is 2.51. The Morgan fingerprint density at radius 2 is 1.86 bits per heavy atom. The number of rotatable bonds is 4. The molecule has 2 aromatic carbocycles. The Bertz CT molecular complexity index is 658. The second-order valence-corrected chi connectivity index (χ2v) is 5.87. The molecule has 0 amide bonds. The highest BCUT2D eigenvalue weighted by Gasteiger charge is 2.08. The van der Waals surface area contributed by atoms with Crippen molar-refractivity contribution >= 4 is 34.6 Å². The summed E-state index contributed by atoms with van der Waals surface area (Å²) in [6, 6.07) is 13.8. The molecular weight excluding hydrogens is 316 g/mol. The van der Waals surface area contributed by atoms with Crippen LogP contribution < -0.4 is 15.4 Å². The Hall–Kier alpha value is -1.78. The first-order valence-electron chi connectivity index (χ1n) is 6.97. The van der Waals surface area contributed by atoms with Gasteiger partial charge in [-0.25, -0.2) is 0 Å². The van der Waals surface area contributed by atoms with Crippen molar-refractivity contribution < 1.29 is 4.74 Å². The van der Waals surface area contributed by atoms with E-state index in [4.69, 9.17) is 28.6 Å². The molecule has 0 aliphatic carbocycles. The van der Waals surface area contributed by atoms with Crippen LogP contribution in [0.2, 0.25) is 5.02 Å². The van der Waals surface area contributed by atoms with E-state index in [2.05, 4.69) is 17.6 Å².